The minimum atomic E-state index is 0.373. The first-order valence-corrected chi connectivity index (χ1v) is 6.01. The highest BCUT2D eigenvalue weighted by Gasteiger charge is 2.19. The van der Waals surface area contributed by atoms with Crippen LogP contribution in [0.25, 0.3) is 0 Å². The van der Waals surface area contributed by atoms with Crippen LogP contribution in [-0.4, -0.2) is 23.1 Å². The average Bonchev–Trinajstić information content (AvgIpc) is 2.28. The van der Waals surface area contributed by atoms with Gasteiger partial charge in [-0.3, -0.25) is 0 Å². The zero-order chi connectivity index (χ0) is 11.5. The Morgan fingerprint density at radius 2 is 1.94 bits per heavy atom. The summed E-state index contributed by atoms with van der Waals surface area (Å²) in [6, 6.07) is 2.62. The summed E-state index contributed by atoms with van der Waals surface area (Å²) in [5.74, 6) is 1.33. The molecule has 4 nitrogen and oxygen atoms in total. The van der Waals surface area contributed by atoms with Crippen LogP contribution in [0.15, 0.2) is 6.07 Å². The van der Waals surface area contributed by atoms with E-state index in [0.717, 1.165) is 11.5 Å². The van der Waals surface area contributed by atoms with Gasteiger partial charge in [0.25, 0.3) is 0 Å². The molecule has 16 heavy (non-hydrogen) atoms. The van der Waals surface area contributed by atoms with Gasteiger partial charge in [-0.05, 0) is 19.8 Å². The normalized spacial score (nSPS) is 17.4. The molecular formula is C12H20N4. The van der Waals surface area contributed by atoms with Gasteiger partial charge in [-0.25, -0.2) is 4.98 Å². The van der Waals surface area contributed by atoms with E-state index in [4.69, 9.17) is 5.73 Å². The summed E-state index contributed by atoms with van der Waals surface area (Å²) in [5.41, 5.74) is 6.61. The molecule has 0 unspecified atom stereocenters. The lowest BCUT2D eigenvalue weighted by molar-refractivity contribution is 0.426. The van der Waals surface area contributed by atoms with Gasteiger partial charge in [0.1, 0.15) is 5.82 Å². The number of hydrogen-bond donors (Lipinski definition) is 1. The third-order valence-electron chi connectivity index (χ3n) is 3.34. The van der Waals surface area contributed by atoms with Crippen LogP contribution in [0.2, 0.25) is 0 Å². The Morgan fingerprint density at radius 1 is 1.25 bits per heavy atom. The van der Waals surface area contributed by atoms with E-state index in [9.17, 15) is 0 Å². The topological polar surface area (TPSA) is 55.0 Å². The van der Waals surface area contributed by atoms with E-state index in [1.54, 1.807) is 0 Å². The molecule has 0 spiro atoms. The first-order chi connectivity index (χ1) is 7.66. The third kappa shape index (κ3) is 2.43. The van der Waals surface area contributed by atoms with E-state index in [2.05, 4.69) is 21.9 Å². The molecular weight excluding hydrogens is 200 g/mol. The molecule has 1 aliphatic rings. The molecule has 2 N–H and O–H groups in total. The highest BCUT2D eigenvalue weighted by molar-refractivity contribution is 5.43. The van der Waals surface area contributed by atoms with E-state index >= 15 is 0 Å². The molecule has 1 heterocycles. The molecule has 0 atom stereocenters. The summed E-state index contributed by atoms with van der Waals surface area (Å²) >= 11 is 0. The highest BCUT2D eigenvalue weighted by Crippen LogP contribution is 2.25. The quantitative estimate of drug-likeness (QED) is 0.829. The Hall–Kier alpha value is -1.32. The summed E-state index contributed by atoms with van der Waals surface area (Å²) in [6.07, 6.45) is 6.55. The molecule has 1 fully saturated rings. The van der Waals surface area contributed by atoms with Crippen molar-refractivity contribution in [2.24, 2.45) is 0 Å². The molecule has 0 radical (unpaired) electrons. The molecule has 0 saturated heterocycles. The van der Waals surface area contributed by atoms with Gasteiger partial charge in [0.2, 0.25) is 5.95 Å². The molecule has 88 valence electrons. The molecule has 2 rings (SSSR count). The minimum absolute atomic E-state index is 0.373. The summed E-state index contributed by atoms with van der Waals surface area (Å²) in [4.78, 5) is 10.7. The van der Waals surface area contributed by atoms with Crippen molar-refractivity contribution in [1.82, 2.24) is 9.97 Å². The predicted molar refractivity (Wildman–Crippen MR) is 66.5 cm³/mol. The van der Waals surface area contributed by atoms with Crippen molar-refractivity contribution in [3.05, 3.63) is 11.8 Å². The molecule has 4 heteroatoms. The van der Waals surface area contributed by atoms with Crippen molar-refractivity contribution in [2.45, 2.75) is 45.1 Å². The molecule has 0 aliphatic heterocycles. The lowest BCUT2D eigenvalue weighted by Crippen LogP contribution is -2.34. The first kappa shape index (κ1) is 11.2. The van der Waals surface area contributed by atoms with Crippen molar-refractivity contribution < 1.29 is 0 Å². The molecule has 1 aliphatic carbocycles. The van der Waals surface area contributed by atoms with Gasteiger partial charge in [-0.1, -0.05) is 19.3 Å². The molecule has 0 bridgehead atoms. The Labute approximate surface area is 96.9 Å². The fraction of sp³-hybridized carbons (Fsp3) is 0.667. The molecule has 1 aromatic rings. The summed E-state index contributed by atoms with van der Waals surface area (Å²) in [6.45, 7) is 1.95. The fourth-order valence-corrected chi connectivity index (χ4v) is 2.41. The van der Waals surface area contributed by atoms with Gasteiger partial charge >= 0.3 is 0 Å². The number of nitrogen functional groups attached to an aromatic ring is 1. The minimum Gasteiger partial charge on any atom is -0.368 e. The van der Waals surface area contributed by atoms with E-state index in [1.807, 2.05) is 13.0 Å². The maximum absolute atomic E-state index is 5.68. The Bertz CT molecular complexity index is 338. The third-order valence-corrected chi connectivity index (χ3v) is 3.34. The lowest BCUT2D eigenvalue weighted by Gasteiger charge is -2.32. The van der Waals surface area contributed by atoms with Crippen LogP contribution in [0.3, 0.4) is 0 Å². The first-order valence-electron chi connectivity index (χ1n) is 6.01. The predicted octanol–water partition coefficient (Wildman–Crippen LogP) is 2.14. The number of hydrogen-bond acceptors (Lipinski definition) is 4. The summed E-state index contributed by atoms with van der Waals surface area (Å²) < 4.78 is 0. The van der Waals surface area contributed by atoms with Gasteiger partial charge in [0, 0.05) is 24.8 Å². The Morgan fingerprint density at radius 3 is 2.56 bits per heavy atom. The van der Waals surface area contributed by atoms with Crippen LogP contribution >= 0.6 is 0 Å². The van der Waals surface area contributed by atoms with Gasteiger partial charge in [-0.15, -0.1) is 0 Å². The maximum Gasteiger partial charge on any atom is 0.222 e. The fourth-order valence-electron chi connectivity index (χ4n) is 2.41. The number of rotatable bonds is 2. The van der Waals surface area contributed by atoms with Crippen molar-refractivity contribution in [1.29, 1.82) is 0 Å². The largest absolute Gasteiger partial charge is 0.368 e. The van der Waals surface area contributed by atoms with Gasteiger partial charge < -0.3 is 10.6 Å². The van der Waals surface area contributed by atoms with Crippen LogP contribution in [0.5, 0.6) is 0 Å². The number of nitrogens with zero attached hydrogens (tertiary/aromatic N) is 3. The second-order valence-electron chi connectivity index (χ2n) is 4.63. The van der Waals surface area contributed by atoms with Crippen LogP contribution in [0.1, 0.15) is 37.8 Å². The number of aryl methyl sites for hydroxylation is 1. The van der Waals surface area contributed by atoms with Crippen LogP contribution in [-0.2, 0) is 0 Å². The highest BCUT2D eigenvalue weighted by atomic mass is 15.2. The van der Waals surface area contributed by atoms with Crippen LogP contribution in [0, 0.1) is 6.92 Å². The standard InChI is InChI=1S/C12H20N4/c1-9-8-11(15-12(13)14-9)16(2)10-6-4-3-5-7-10/h8,10H,3-7H2,1-2H3,(H2,13,14,15). The molecule has 0 amide bonds. The zero-order valence-electron chi connectivity index (χ0n) is 10.1. The Kier molecular flexibility index (Phi) is 3.27. The molecule has 1 aromatic heterocycles. The second kappa shape index (κ2) is 4.68. The SMILES string of the molecule is Cc1cc(N(C)C2CCCCC2)nc(N)n1. The number of aromatic nitrogens is 2. The summed E-state index contributed by atoms with van der Waals surface area (Å²) in [5, 5.41) is 0. The summed E-state index contributed by atoms with van der Waals surface area (Å²) in [7, 11) is 2.11. The smallest absolute Gasteiger partial charge is 0.222 e. The lowest BCUT2D eigenvalue weighted by atomic mass is 9.94. The van der Waals surface area contributed by atoms with E-state index in [-0.39, 0.29) is 0 Å². The van der Waals surface area contributed by atoms with E-state index in [1.165, 1.54) is 32.1 Å². The number of anilines is 2. The van der Waals surface area contributed by atoms with E-state index in [0.29, 0.717) is 12.0 Å². The average molecular weight is 220 g/mol. The second-order valence-corrected chi connectivity index (χ2v) is 4.63. The van der Waals surface area contributed by atoms with E-state index < -0.39 is 0 Å². The Balaban J connectivity index is 2.15. The molecule has 1 saturated carbocycles. The van der Waals surface area contributed by atoms with Crippen molar-refractivity contribution in [3.8, 4) is 0 Å². The van der Waals surface area contributed by atoms with Crippen molar-refractivity contribution in [2.75, 3.05) is 17.7 Å². The van der Waals surface area contributed by atoms with Crippen LogP contribution < -0.4 is 10.6 Å². The van der Waals surface area contributed by atoms with Crippen LogP contribution in [0.4, 0.5) is 11.8 Å². The monoisotopic (exact) mass is 220 g/mol. The van der Waals surface area contributed by atoms with Crippen molar-refractivity contribution >= 4 is 11.8 Å². The van der Waals surface area contributed by atoms with Gasteiger partial charge in [-0.2, -0.15) is 4.98 Å². The molecule has 0 aromatic carbocycles. The maximum atomic E-state index is 5.68. The van der Waals surface area contributed by atoms with Gasteiger partial charge in [0.15, 0.2) is 0 Å². The number of nitrogens with two attached hydrogens (primary N) is 1. The van der Waals surface area contributed by atoms with Crippen molar-refractivity contribution in [3.63, 3.8) is 0 Å². The zero-order valence-corrected chi connectivity index (χ0v) is 10.1. The van der Waals surface area contributed by atoms with Gasteiger partial charge in [0.05, 0.1) is 0 Å².